The van der Waals surface area contributed by atoms with E-state index in [-0.39, 0.29) is 67.0 Å². The Balaban J connectivity index is 1.16. The van der Waals surface area contributed by atoms with Crippen LogP contribution in [0, 0.1) is 13.8 Å². The molecule has 322 valence electrons. The Kier molecular flexibility index (Phi) is 16.3. The molecule has 0 spiro atoms. The molecule has 15 nitrogen and oxygen atoms in total. The van der Waals surface area contributed by atoms with E-state index in [1.54, 1.807) is 36.9 Å². The van der Waals surface area contributed by atoms with Crippen LogP contribution in [0.5, 0.6) is 23.5 Å². The Morgan fingerprint density at radius 1 is 0.613 bits per heavy atom. The topological polar surface area (TPSA) is 201 Å². The average Bonchev–Trinajstić information content (AvgIpc) is 3.25. The number of aliphatic carboxylic acids is 2. The van der Waals surface area contributed by atoms with Gasteiger partial charge in [-0.1, -0.05) is 59.6 Å². The number of aryl methyl sites for hydroxylation is 1. The van der Waals surface area contributed by atoms with E-state index in [1.165, 1.54) is 12.7 Å². The molecule has 4 heterocycles. The number of benzene rings is 2. The first-order valence-corrected chi connectivity index (χ1v) is 20.5. The number of hydrogen-bond donors (Lipinski definition) is 3. The first kappa shape index (κ1) is 45.1. The van der Waals surface area contributed by atoms with Crippen LogP contribution in [0.25, 0.3) is 11.1 Å². The van der Waals surface area contributed by atoms with Crippen LogP contribution in [0.2, 0.25) is 10.0 Å². The zero-order chi connectivity index (χ0) is 43.8. The van der Waals surface area contributed by atoms with Crippen LogP contribution in [0.3, 0.4) is 0 Å². The second-order valence-electron chi connectivity index (χ2n) is 14.2. The number of nitrogens with zero attached hydrogens (tertiary/aromatic N) is 6. The number of carbonyl (C=O) groups is 2. The summed E-state index contributed by atoms with van der Waals surface area (Å²) >= 11 is 13.3. The van der Waals surface area contributed by atoms with E-state index >= 15 is 0 Å². The molecule has 3 N–H and O–H groups in total. The fourth-order valence-corrected chi connectivity index (χ4v) is 6.94. The number of halogens is 2. The van der Waals surface area contributed by atoms with Gasteiger partial charge in [0.1, 0.15) is 35.9 Å². The molecule has 6 rings (SSSR count). The van der Waals surface area contributed by atoms with Gasteiger partial charge in [-0.25, -0.2) is 19.9 Å². The lowest BCUT2D eigenvalue weighted by atomic mass is 9.92. The molecule has 0 radical (unpaired) electrons. The number of carboxylic acid groups (broad SMARTS) is 2. The van der Waals surface area contributed by atoms with Crippen LogP contribution in [0.15, 0.2) is 86.0 Å². The number of carboxylic acids is 2. The summed E-state index contributed by atoms with van der Waals surface area (Å²) in [5.41, 5.74) is 8.87. The smallest absolute Gasteiger partial charge is 0.317 e. The van der Waals surface area contributed by atoms with Crippen LogP contribution >= 0.6 is 23.2 Å². The number of rotatable bonds is 23. The van der Waals surface area contributed by atoms with E-state index in [9.17, 15) is 14.7 Å². The van der Waals surface area contributed by atoms with Gasteiger partial charge < -0.3 is 34.5 Å². The lowest BCUT2D eigenvalue weighted by Crippen LogP contribution is -2.22. The predicted octanol–water partition coefficient (Wildman–Crippen LogP) is 7.63. The van der Waals surface area contributed by atoms with Crippen molar-refractivity contribution < 1.29 is 38.7 Å². The van der Waals surface area contributed by atoms with Crippen molar-refractivity contribution in [2.45, 2.75) is 65.7 Å². The molecule has 4 aromatic heterocycles. The van der Waals surface area contributed by atoms with Crippen molar-refractivity contribution in [1.29, 1.82) is 0 Å². The van der Waals surface area contributed by atoms with Crippen molar-refractivity contribution in [2.24, 2.45) is 0 Å². The van der Waals surface area contributed by atoms with Gasteiger partial charge in [0.2, 0.25) is 23.5 Å². The Morgan fingerprint density at radius 3 is 1.58 bits per heavy atom. The fraction of sp³-hybridized carbons (Fsp3) is 0.289. The molecule has 62 heavy (non-hydrogen) atoms. The third-order valence-corrected chi connectivity index (χ3v) is 10.3. The quantitative estimate of drug-likeness (QED) is 0.0567. The SMILES string of the molecule is Cc1c(COc2nc(OCCc3cncnc3)c(CCCC(=O)O)cc2Cl)cccc1-c1cccc(COc2nc(OCCc3cncnc3)c(CNCC(=O)O)cc2Cl)c1C. The van der Waals surface area contributed by atoms with Crippen LogP contribution in [0.1, 0.15) is 57.3 Å². The minimum Gasteiger partial charge on any atom is -0.481 e. The van der Waals surface area contributed by atoms with Crippen molar-refractivity contribution in [2.75, 3.05) is 19.8 Å². The molecule has 0 bridgehead atoms. The second kappa shape index (κ2) is 22.4. The third-order valence-electron chi connectivity index (χ3n) is 9.79. The predicted molar refractivity (Wildman–Crippen MR) is 231 cm³/mol. The van der Waals surface area contributed by atoms with Crippen LogP contribution in [-0.2, 0) is 48.6 Å². The summed E-state index contributed by atoms with van der Waals surface area (Å²) in [6, 6.07) is 15.4. The first-order chi connectivity index (χ1) is 30.0. The average molecular weight is 883 g/mol. The molecule has 0 aliphatic carbocycles. The molecule has 0 unspecified atom stereocenters. The largest absolute Gasteiger partial charge is 0.481 e. The van der Waals surface area contributed by atoms with E-state index < -0.39 is 11.9 Å². The number of ether oxygens (including phenoxy) is 4. The Hall–Kier alpha value is -6.42. The monoisotopic (exact) mass is 881 g/mol. The summed E-state index contributed by atoms with van der Waals surface area (Å²) in [4.78, 5) is 47.8. The van der Waals surface area contributed by atoms with Gasteiger partial charge in [0, 0.05) is 61.7 Å². The maximum atomic E-state index is 11.2. The van der Waals surface area contributed by atoms with Crippen molar-refractivity contribution in [3.05, 3.63) is 141 Å². The van der Waals surface area contributed by atoms with Gasteiger partial charge in [-0.05, 0) is 83.3 Å². The summed E-state index contributed by atoms with van der Waals surface area (Å²) in [5.74, 6) is -0.911. The molecule has 0 aliphatic heterocycles. The van der Waals surface area contributed by atoms with Crippen LogP contribution in [-0.4, -0.2) is 71.8 Å². The van der Waals surface area contributed by atoms with Crippen LogP contribution < -0.4 is 24.3 Å². The molecular weight excluding hydrogens is 837 g/mol. The molecule has 6 aromatic rings. The van der Waals surface area contributed by atoms with Gasteiger partial charge >= 0.3 is 11.9 Å². The molecule has 0 atom stereocenters. The zero-order valence-corrected chi connectivity index (χ0v) is 35.7. The molecule has 0 saturated heterocycles. The first-order valence-electron chi connectivity index (χ1n) is 19.7. The van der Waals surface area contributed by atoms with Gasteiger partial charge in [0.25, 0.3) is 0 Å². The van der Waals surface area contributed by atoms with Crippen molar-refractivity contribution >= 4 is 35.1 Å². The molecule has 0 aliphatic rings. The lowest BCUT2D eigenvalue weighted by molar-refractivity contribution is -0.137. The van der Waals surface area contributed by atoms with Gasteiger partial charge in [-0.3, -0.25) is 9.59 Å². The minimum absolute atomic E-state index is 0.00114. The third kappa shape index (κ3) is 12.8. The standard InChI is InChI=1S/C45H45Cl2N7O8/c1-28-33(24-61-44-38(46)16-32(6-5-11-40(55)56)42(53-44)59-14-12-30-18-49-26-50-19-30)7-3-9-36(28)37-10-4-8-34(29(37)2)25-62-45-39(47)17-35(22-48-23-41(57)58)43(54-45)60-15-13-31-20-51-27-52-21-31/h3-4,7-10,16-21,26-27,48H,5-6,11-15,22-25H2,1-2H3,(H,55,56)(H,57,58). The van der Waals surface area contributed by atoms with Gasteiger partial charge in [0.15, 0.2) is 0 Å². The minimum atomic E-state index is -0.993. The highest BCUT2D eigenvalue weighted by Crippen LogP contribution is 2.35. The molecule has 0 saturated carbocycles. The normalized spacial score (nSPS) is 11.0. The van der Waals surface area contributed by atoms with Crippen LogP contribution in [0.4, 0.5) is 0 Å². The van der Waals surface area contributed by atoms with Crippen molar-refractivity contribution in [3.63, 3.8) is 0 Å². The second-order valence-corrected chi connectivity index (χ2v) is 15.0. The van der Waals surface area contributed by atoms with E-state index in [4.69, 9.17) is 47.3 Å². The summed E-state index contributed by atoms with van der Waals surface area (Å²) < 4.78 is 24.6. The maximum Gasteiger partial charge on any atom is 0.317 e. The number of hydrogen-bond acceptors (Lipinski definition) is 13. The van der Waals surface area contributed by atoms with E-state index in [0.717, 1.165) is 44.5 Å². The van der Waals surface area contributed by atoms with Gasteiger partial charge in [0.05, 0.1) is 19.8 Å². The summed E-state index contributed by atoms with van der Waals surface area (Å²) in [6.07, 6.45) is 11.6. The molecular formula is C45H45Cl2N7O8. The maximum absolute atomic E-state index is 11.2. The van der Waals surface area contributed by atoms with Crippen molar-refractivity contribution in [1.82, 2.24) is 35.2 Å². The number of pyridine rings is 2. The Bertz CT molecular complexity index is 2290. The molecule has 0 fully saturated rings. The molecule has 17 heteroatoms. The summed E-state index contributed by atoms with van der Waals surface area (Å²) in [5, 5.41) is 21.7. The summed E-state index contributed by atoms with van der Waals surface area (Å²) in [7, 11) is 0. The van der Waals surface area contributed by atoms with E-state index in [1.807, 2.05) is 50.2 Å². The highest BCUT2D eigenvalue weighted by atomic mass is 35.5. The zero-order valence-electron chi connectivity index (χ0n) is 34.1. The Morgan fingerprint density at radius 2 is 1.10 bits per heavy atom. The van der Waals surface area contributed by atoms with E-state index in [0.29, 0.717) is 49.3 Å². The van der Waals surface area contributed by atoms with Crippen molar-refractivity contribution in [3.8, 4) is 34.6 Å². The molecule has 0 amide bonds. The van der Waals surface area contributed by atoms with Gasteiger partial charge in [-0.2, -0.15) is 9.97 Å². The fourth-order valence-electron chi connectivity index (χ4n) is 6.48. The highest BCUT2D eigenvalue weighted by Gasteiger charge is 2.18. The number of nitrogens with one attached hydrogen (secondary N) is 1. The summed E-state index contributed by atoms with van der Waals surface area (Å²) in [6.45, 7) is 4.87. The highest BCUT2D eigenvalue weighted by molar-refractivity contribution is 6.32. The lowest BCUT2D eigenvalue weighted by Gasteiger charge is -2.18. The number of aromatic nitrogens is 6. The van der Waals surface area contributed by atoms with Gasteiger partial charge in [-0.15, -0.1) is 0 Å². The molecule has 2 aromatic carbocycles. The van der Waals surface area contributed by atoms with E-state index in [2.05, 4.69) is 35.2 Å². The Labute approximate surface area is 368 Å².